The fourth-order valence-electron chi connectivity index (χ4n) is 3.20. The average molecular weight is 429 g/mol. The van der Waals surface area contributed by atoms with Crippen molar-refractivity contribution in [2.45, 2.75) is 6.92 Å². The number of anilines is 2. The van der Waals surface area contributed by atoms with Crippen LogP contribution in [0.2, 0.25) is 5.02 Å². The number of amides is 2. The van der Waals surface area contributed by atoms with Crippen molar-refractivity contribution < 1.29 is 14.5 Å². The number of non-ortho nitro benzene ring substituents is 1. The Morgan fingerprint density at radius 3 is 2.50 bits per heavy atom. The molecule has 0 atom stereocenters. The van der Waals surface area contributed by atoms with Crippen LogP contribution in [0.5, 0.6) is 0 Å². The molecule has 0 aromatic heterocycles. The first-order chi connectivity index (χ1) is 14.3. The smallest absolute Gasteiger partial charge is 0.270 e. The summed E-state index contributed by atoms with van der Waals surface area (Å²) in [5.74, 6) is -0.308. The summed E-state index contributed by atoms with van der Waals surface area (Å²) in [7, 11) is 0. The second-order valence-electron chi connectivity index (χ2n) is 6.83. The van der Waals surface area contributed by atoms with Gasteiger partial charge in [-0.05, 0) is 29.8 Å². The van der Waals surface area contributed by atoms with E-state index < -0.39 is 4.92 Å². The highest BCUT2D eigenvalue weighted by Crippen LogP contribution is 2.29. The van der Waals surface area contributed by atoms with Gasteiger partial charge < -0.3 is 15.1 Å². The van der Waals surface area contributed by atoms with E-state index in [0.717, 1.165) is 5.69 Å². The Morgan fingerprint density at radius 1 is 1.13 bits per heavy atom. The van der Waals surface area contributed by atoms with Crippen LogP contribution < -0.4 is 10.2 Å². The number of rotatable bonds is 5. The van der Waals surface area contributed by atoms with E-state index >= 15 is 0 Å². The Balaban J connectivity index is 1.61. The number of hydrogen-bond acceptors (Lipinski definition) is 5. The van der Waals surface area contributed by atoms with Crippen molar-refractivity contribution >= 4 is 46.6 Å². The highest BCUT2D eigenvalue weighted by atomic mass is 35.5. The van der Waals surface area contributed by atoms with Crippen molar-refractivity contribution in [2.75, 3.05) is 36.4 Å². The Kier molecular flexibility index (Phi) is 6.68. The number of nitro benzene ring substituents is 1. The largest absolute Gasteiger partial charge is 0.367 e. The molecule has 0 radical (unpaired) electrons. The molecule has 2 amide bonds. The molecule has 0 aliphatic carbocycles. The maximum atomic E-state index is 12.2. The van der Waals surface area contributed by atoms with Crippen LogP contribution in [0, 0.1) is 10.1 Å². The zero-order valence-electron chi connectivity index (χ0n) is 16.4. The molecule has 156 valence electrons. The minimum Gasteiger partial charge on any atom is -0.367 e. The molecule has 1 aliphatic heterocycles. The minimum atomic E-state index is -0.485. The molecule has 1 aliphatic rings. The van der Waals surface area contributed by atoms with E-state index in [1.807, 2.05) is 6.07 Å². The molecule has 0 spiro atoms. The molecule has 9 heteroatoms. The highest BCUT2D eigenvalue weighted by Gasteiger charge is 2.20. The third kappa shape index (κ3) is 5.36. The molecule has 1 fully saturated rings. The molecule has 0 unspecified atom stereocenters. The lowest BCUT2D eigenvalue weighted by Gasteiger charge is -2.36. The number of nitrogens with one attached hydrogen (secondary N) is 1. The molecule has 2 aromatic carbocycles. The van der Waals surface area contributed by atoms with Crippen LogP contribution in [0.3, 0.4) is 0 Å². The molecule has 3 rings (SSSR count). The van der Waals surface area contributed by atoms with Gasteiger partial charge in [0.1, 0.15) is 0 Å². The monoisotopic (exact) mass is 428 g/mol. The maximum Gasteiger partial charge on any atom is 0.270 e. The van der Waals surface area contributed by atoms with Gasteiger partial charge in [-0.2, -0.15) is 0 Å². The van der Waals surface area contributed by atoms with E-state index in [1.165, 1.54) is 24.3 Å². The molecular weight excluding hydrogens is 408 g/mol. The van der Waals surface area contributed by atoms with Gasteiger partial charge in [-0.1, -0.05) is 23.7 Å². The van der Waals surface area contributed by atoms with Gasteiger partial charge in [-0.25, -0.2) is 0 Å². The Hall–Kier alpha value is -3.39. The topological polar surface area (TPSA) is 95.8 Å². The summed E-state index contributed by atoms with van der Waals surface area (Å²) in [4.78, 5) is 37.9. The van der Waals surface area contributed by atoms with Gasteiger partial charge in [0.2, 0.25) is 11.8 Å². The fourth-order valence-corrected chi connectivity index (χ4v) is 3.50. The predicted molar refractivity (Wildman–Crippen MR) is 117 cm³/mol. The number of carbonyl (C=O) groups excluding carboxylic acids is 2. The molecule has 1 N–H and O–H groups in total. The quantitative estimate of drug-likeness (QED) is 0.446. The van der Waals surface area contributed by atoms with Crippen LogP contribution >= 0.6 is 11.6 Å². The number of benzene rings is 2. The standard InChI is InChI=1S/C21H21ClN4O4/c1-15(27)24-9-11-25(12-10-24)20-7-6-17(14-19(20)22)23-21(28)8-5-16-3-2-4-18(13-16)26(29)30/h2-8,13-14H,9-12H2,1H3,(H,23,28). The van der Waals surface area contributed by atoms with Gasteiger partial charge >= 0.3 is 0 Å². The van der Waals surface area contributed by atoms with Gasteiger partial charge in [0, 0.05) is 57.0 Å². The lowest BCUT2D eigenvalue weighted by Crippen LogP contribution is -2.48. The number of carbonyl (C=O) groups is 2. The average Bonchev–Trinajstić information content (AvgIpc) is 2.72. The van der Waals surface area contributed by atoms with E-state index in [-0.39, 0.29) is 17.5 Å². The molecule has 1 saturated heterocycles. The van der Waals surface area contributed by atoms with Gasteiger partial charge in [-0.15, -0.1) is 0 Å². The number of piperazine rings is 1. The Labute approximate surface area is 178 Å². The van der Waals surface area contributed by atoms with E-state index in [9.17, 15) is 19.7 Å². The number of nitrogens with zero attached hydrogens (tertiary/aromatic N) is 3. The first kappa shape index (κ1) is 21.3. The summed E-state index contributed by atoms with van der Waals surface area (Å²) >= 11 is 6.41. The summed E-state index contributed by atoms with van der Waals surface area (Å²) in [6.07, 6.45) is 2.81. The lowest BCUT2D eigenvalue weighted by atomic mass is 10.2. The number of halogens is 1. The van der Waals surface area contributed by atoms with Crippen LogP contribution in [0.4, 0.5) is 17.1 Å². The summed E-state index contributed by atoms with van der Waals surface area (Å²) < 4.78 is 0. The van der Waals surface area contributed by atoms with E-state index in [1.54, 1.807) is 36.1 Å². The SMILES string of the molecule is CC(=O)N1CCN(c2ccc(NC(=O)C=Cc3cccc([N+](=O)[O-])c3)cc2Cl)CC1. The third-order valence-electron chi connectivity index (χ3n) is 4.79. The number of hydrogen-bond donors (Lipinski definition) is 1. The molecular formula is C21H21ClN4O4. The Morgan fingerprint density at radius 2 is 1.87 bits per heavy atom. The Bertz CT molecular complexity index is 1000. The first-order valence-corrected chi connectivity index (χ1v) is 9.75. The second kappa shape index (κ2) is 9.41. The van der Waals surface area contributed by atoms with Gasteiger partial charge in [0.25, 0.3) is 5.69 Å². The molecule has 0 saturated carbocycles. The van der Waals surface area contributed by atoms with E-state index in [4.69, 9.17) is 11.6 Å². The summed E-state index contributed by atoms with van der Waals surface area (Å²) in [5.41, 5.74) is 1.91. The summed E-state index contributed by atoms with van der Waals surface area (Å²) in [5, 5.41) is 14.1. The van der Waals surface area contributed by atoms with Crippen LogP contribution in [-0.2, 0) is 9.59 Å². The normalized spacial score (nSPS) is 14.1. The summed E-state index contributed by atoms with van der Waals surface area (Å²) in [6, 6.07) is 11.3. The van der Waals surface area contributed by atoms with Crippen molar-refractivity contribution in [3.8, 4) is 0 Å². The van der Waals surface area contributed by atoms with Gasteiger partial charge in [0.15, 0.2) is 0 Å². The van der Waals surface area contributed by atoms with Crippen LogP contribution in [-0.4, -0.2) is 47.8 Å². The highest BCUT2D eigenvalue weighted by molar-refractivity contribution is 6.33. The number of nitro groups is 1. The van der Waals surface area contributed by atoms with Crippen molar-refractivity contribution in [1.82, 2.24) is 4.90 Å². The molecule has 0 bridgehead atoms. The predicted octanol–water partition coefficient (Wildman–Crippen LogP) is 3.57. The lowest BCUT2D eigenvalue weighted by molar-refractivity contribution is -0.384. The third-order valence-corrected chi connectivity index (χ3v) is 5.09. The van der Waals surface area contributed by atoms with Crippen molar-refractivity contribution in [2.24, 2.45) is 0 Å². The summed E-state index contributed by atoms with van der Waals surface area (Å²) in [6.45, 7) is 4.24. The van der Waals surface area contributed by atoms with E-state index in [2.05, 4.69) is 10.2 Å². The van der Waals surface area contributed by atoms with Gasteiger partial charge in [-0.3, -0.25) is 19.7 Å². The van der Waals surface area contributed by atoms with Crippen molar-refractivity contribution in [3.05, 3.63) is 69.2 Å². The zero-order valence-corrected chi connectivity index (χ0v) is 17.1. The second-order valence-corrected chi connectivity index (χ2v) is 7.24. The van der Waals surface area contributed by atoms with Gasteiger partial charge in [0.05, 0.1) is 15.6 Å². The zero-order chi connectivity index (χ0) is 21.7. The first-order valence-electron chi connectivity index (χ1n) is 9.37. The minimum absolute atomic E-state index is 0.0379. The van der Waals surface area contributed by atoms with Crippen LogP contribution in [0.1, 0.15) is 12.5 Å². The maximum absolute atomic E-state index is 12.2. The fraction of sp³-hybridized carbons (Fsp3) is 0.238. The van der Waals surface area contributed by atoms with Crippen molar-refractivity contribution in [1.29, 1.82) is 0 Å². The molecule has 30 heavy (non-hydrogen) atoms. The van der Waals surface area contributed by atoms with Crippen LogP contribution in [0.15, 0.2) is 48.5 Å². The van der Waals surface area contributed by atoms with Crippen molar-refractivity contribution in [3.63, 3.8) is 0 Å². The molecule has 2 aromatic rings. The molecule has 8 nitrogen and oxygen atoms in total. The molecule has 1 heterocycles. The van der Waals surface area contributed by atoms with E-state index in [0.29, 0.717) is 42.5 Å². The van der Waals surface area contributed by atoms with Crippen LogP contribution in [0.25, 0.3) is 6.08 Å².